The standard InChI is InChI=1S/C16H27NOS/c1-4-14-7-8-15(19-14)13(3)17-11-16(18)9-5-6-12(2)10-16/h7-8,12-13,17-18H,4-6,9-11H2,1-3H3. The first-order valence-corrected chi connectivity index (χ1v) is 8.38. The van der Waals surface area contributed by atoms with Crippen LogP contribution in [0.25, 0.3) is 0 Å². The van der Waals surface area contributed by atoms with Gasteiger partial charge in [0, 0.05) is 22.3 Å². The van der Waals surface area contributed by atoms with Gasteiger partial charge in [-0.05, 0) is 44.2 Å². The van der Waals surface area contributed by atoms with Crippen molar-refractivity contribution in [1.29, 1.82) is 0 Å². The summed E-state index contributed by atoms with van der Waals surface area (Å²) < 4.78 is 0. The zero-order valence-electron chi connectivity index (χ0n) is 12.4. The van der Waals surface area contributed by atoms with Crippen LogP contribution in [0.3, 0.4) is 0 Å². The van der Waals surface area contributed by atoms with Gasteiger partial charge in [-0.3, -0.25) is 0 Å². The maximum atomic E-state index is 10.6. The number of aryl methyl sites for hydroxylation is 1. The Labute approximate surface area is 121 Å². The van der Waals surface area contributed by atoms with E-state index in [-0.39, 0.29) is 0 Å². The lowest BCUT2D eigenvalue weighted by atomic mass is 9.79. The van der Waals surface area contributed by atoms with Crippen LogP contribution in [0.1, 0.15) is 62.3 Å². The molecule has 2 N–H and O–H groups in total. The molecule has 108 valence electrons. The molecule has 0 spiro atoms. The molecule has 3 heteroatoms. The molecule has 2 nitrogen and oxygen atoms in total. The van der Waals surface area contributed by atoms with Gasteiger partial charge in [-0.15, -0.1) is 11.3 Å². The molecule has 19 heavy (non-hydrogen) atoms. The molecule has 1 aliphatic carbocycles. The molecule has 3 unspecified atom stereocenters. The van der Waals surface area contributed by atoms with E-state index in [1.165, 1.54) is 16.2 Å². The molecule has 0 amide bonds. The van der Waals surface area contributed by atoms with E-state index in [2.05, 4.69) is 38.2 Å². The highest BCUT2D eigenvalue weighted by molar-refractivity contribution is 7.12. The van der Waals surface area contributed by atoms with E-state index in [0.29, 0.717) is 12.0 Å². The molecule has 3 atom stereocenters. The molecule has 1 fully saturated rings. The molecule has 0 aromatic carbocycles. The quantitative estimate of drug-likeness (QED) is 0.858. The van der Waals surface area contributed by atoms with Crippen molar-refractivity contribution in [2.24, 2.45) is 5.92 Å². The second-order valence-electron chi connectivity index (χ2n) is 6.19. The van der Waals surface area contributed by atoms with Crippen molar-refractivity contribution in [2.45, 2.75) is 64.5 Å². The summed E-state index contributed by atoms with van der Waals surface area (Å²) in [6.45, 7) is 7.36. The number of rotatable bonds is 5. The third-order valence-corrected chi connectivity index (χ3v) is 5.67. The van der Waals surface area contributed by atoms with Crippen molar-refractivity contribution in [2.75, 3.05) is 6.54 Å². The van der Waals surface area contributed by atoms with Crippen molar-refractivity contribution in [3.05, 3.63) is 21.9 Å². The fourth-order valence-corrected chi connectivity index (χ4v) is 4.03. The van der Waals surface area contributed by atoms with E-state index in [9.17, 15) is 5.11 Å². The molecule has 1 aromatic rings. The zero-order chi connectivity index (χ0) is 13.9. The maximum Gasteiger partial charge on any atom is 0.0774 e. The lowest BCUT2D eigenvalue weighted by Gasteiger charge is -2.36. The van der Waals surface area contributed by atoms with E-state index in [1.807, 2.05) is 11.3 Å². The highest BCUT2D eigenvalue weighted by atomic mass is 32.1. The van der Waals surface area contributed by atoms with Crippen LogP contribution in [0.15, 0.2) is 12.1 Å². The molecule has 0 saturated heterocycles. The van der Waals surface area contributed by atoms with Gasteiger partial charge in [0.25, 0.3) is 0 Å². The normalized spacial score (nSPS) is 29.4. The minimum Gasteiger partial charge on any atom is -0.389 e. The van der Waals surface area contributed by atoms with Gasteiger partial charge in [0.2, 0.25) is 0 Å². The number of nitrogens with one attached hydrogen (secondary N) is 1. The Kier molecular flexibility index (Phi) is 5.04. The SMILES string of the molecule is CCc1ccc(C(C)NCC2(O)CCCC(C)C2)s1. The van der Waals surface area contributed by atoms with Gasteiger partial charge in [0.15, 0.2) is 0 Å². The van der Waals surface area contributed by atoms with Crippen LogP contribution >= 0.6 is 11.3 Å². The Bertz CT molecular complexity index is 403. The molecule has 0 bridgehead atoms. The van der Waals surface area contributed by atoms with Crippen molar-refractivity contribution in [3.8, 4) is 0 Å². The predicted octanol–water partition coefficient (Wildman–Crippen LogP) is 3.90. The summed E-state index contributed by atoms with van der Waals surface area (Å²) in [5.41, 5.74) is -0.489. The van der Waals surface area contributed by atoms with Crippen molar-refractivity contribution in [3.63, 3.8) is 0 Å². The fraction of sp³-hybridized carbons (Fsp3) is 0.750. The van der Waals surface area contributed by atoms with Crippen molar-refractivity contribution in [1.82, 2.24) is 5.32 Å². The second-order valence-corrected chi connectivity index (χ2v) is 7.39. The van der Waals surface area contributed by atoms with Gasteiger partial charge >= 0.3 is 0 Å². The van der Waals surface area contributed by atoms with Gasteiger partial charge in [-0.25, -0.2) is 0 Å². The summed E-state index contributed by atoms with van der Waals surface area (Å²) >= 11 is 1.88. The topological polar surface area (TPSA) is 32.3 Å². The summed E-state index contributed by atoms with van der Waals surface area (Å²) in [5, 5.41) is 14.2. The van der Waals surface area contributed by atoms with Crippen LogP contribution in [-0.4, -0.2) is 17.3 Å². The van der Waals surface area contributed by atoms with Gasteiger partial charge in [0.05, 0.1) is 5.60 Å². The molecule has 1 aliphatic rings. The number of thiophene rings is 1. The number of hydrogen-bond donors (Lipinski definition) is 2. The molecule has 0 aliphatic heterocycles. The molecular weight excluding hydrogens is 254 g/mol. The smallest absolute Gasteiger partial charge is 0.0774 e. The van der Waals surface area contributed by atoms with E-state index < -0.39 is 5.60 Å². The Morgan fingerprint density at radius 3 is 2.95 bits per heavy atom. The van der Waals surface area contributed by atoms with Crippen LogP contribution < -0.4 is 5.32 Å². The Balaban J connectivity index is 1.87. The second kappa shape index (κ2) is 6.38. The van der Waals surface area contributed by atoms with Gasteiger partial charge in [-0.1, -0.05) is 26.7 Å². The van der Waals surface area contributed by atoms with Crippen LogP contribution in [0.4, 0.5) is 0 Å². The first-order chi connectivity index (χ1) is 9.02. The summed E-state index contributed by atoms with van der Waals surface area (Å²) in [6, 6.07) is 4.77. The Hall–Kier alpha value is -0.380. The zero-order valence-corrected chi connectivity index (χ0v) is 13.2. The third kappa shape index (κ3) is 4.04. The molecule has 1 saturated carbocycles. The van der Waals surface area contributed by atoms with E-state index in [0.717, 1.165) is 32.2 Å². The third-order valence-electron chi connectivity index (χ3n) is 4.26. The van der Waals surface area contributed by atoms with Crippen molar-refractivity contribution >= 4 is 11.3 Å². The molecular formula is C16H27NOS. The van der Waals surface area contributed by atoms with Crippen molar-refractivity contribution < 1.29 is 5.11 Å². The van der Waals surface area contributed by atoms with Crippen LogP contribution in [-0.2, 0) is 6.42 Å². The highest BCUT2D eigenvalue weighted by Crippen LogP contribution is 2.32. The minimum atomic E-state index is -0.489. The number of hydrogen-bond acceptors (Lipinski definition) is 3. The van der Waals surface area contributed by atoms with Crippen LogP contribution in [0.2, 0.25) is 0 Å². The molecule has 0 radical (unpaired) electrons. The summed E-state index contributed by atoms with van der Waals surface area (Å²) in [5.74, 6) is 0.657. The van der Waals surface area contributed by atoms with E-state index >= 15 is 0 Å². The monoisotopic (exact) mass is 281 g/mol. The summed E-state index contributed by atoms with van der Waals surface area (Å²) in [7, 11) is 0. The largest absolute Gasteiger partial charge is 0.389 e. The number of aliphatic hydroxyl groups is 1. The summed E-state index contributed by atoms with van der Waals surface area (Å²) in [4.78, 5) is 2.82. The Morgan fingerprint density at radius 1 is 1.53 bits per heavy atom. The Morgan fingerprint density at radius 2 is 2.32 bits per heavy atom. The summed E-state index contributed by atoms with van der Waals surface area (Å²) in [6.07, 6.45) is 5.42. The van der Waals surface area contributed by atoms with Gasteiger partial charge in [0.1, 0.15) is 0 Å². The van der Waals surface area contributed by atoms with Gasteiger partial charge < -0.3 is 10.4 Å². The first-order valence-electron chi connectivity index (χ1n) is 7.57. The van der Waals surface area contributed by atoms with Gasteiger partial charge in [-0.2, -0.15) is 0 Å². The molecule has 2 rings (SSSR count). The first kappa shape index (κ1) is 15.0. The van der Waals surface area contributed by atoms with Crippen LogP contribution in [0.5, 0.6) is 0 Å². The predicted molar refractivity (Wildman–Crippen MR) is 82.7 cm³/mol. The lowest BCUT2D eigenvalue weighted by Crippen LogP contribution is -2.44. The van der Waals surface area contributed by atoms with E-state index in [4.69, 9.17) is 0 Å². The average Bonchev–Trinajstić information content (AvgIpc) is 2.84. The maximum absolute atomic E-state index is 10.6. The average molecular weight is 281 g/mol. The molecule has 1 heterocycles. The lowest BCUT2D eigenvalue weighted by molar-refractivity contribution is -0.0133. The van der Waals surface area contributed by atoms with Crippen LogP contribution in [0, 0.1) is 5.92 Å². The molecule has 1 aromatic heterocycles. The van der Waals surface area contributed by atoms with E-state index in [1.54, 1.807) is 0 Å². The minimum absolute atomic E-state index is 0.339. The highest BCUT2D eigenvalue weighted by Gasteiger charge is 2.32. The fourth-order valence-electron chi connectivity index (χ4n) is 3.05.